The third-order valence-corrected chi connectivity index (χ3v) is 7.05. The molecule has 3 aromatic rings. The fourth-order valence-corrected chi connectivity index (χ4v) is 4.85. The molecule has 0 fully saturated rings. The first-order chi connectivity index (χ1) is 15.4. The highest BCUT2D eigenvalue weighted by molar-refractivity contribution is 7.86. The first kappa shape index (κ1) is 22.9. The predicted octanol–water partition coefficient (Wildman–Crippen LogP) is 4.83. The largest absolute Gasteiger partial charge is 0.398 e. The smallest absolute Gasteiger partial charge is 0.298 e. The zero-order valence-corrected chi connectivity index (χ0v) is 19.2. The van der Waals surface area contributed by atoms with Crippen LogP contribution in [0.3, 0.4) is 0 Å². The molecule has 1 aliphatic rings. The lowest BCUT2D eigenvalue weighted by atomic mass is 10.1. The van der Waals surface area contributed by atoms with E-state index in [0.717, 1.165) is 11.1 Å². The molecule has 12 heteroatoms. The van der Waals surface area contributed by atoms with Crippen LogP contribution in [0.15, 0.2) is 68.6 Å². The quantitative estimate of drug-likeness (QED) is 0.150. The lowest BCUT2D eigenvalue weighted by Crippen LogP contribution is -2.00. The molecule has 4 N–H and O–H groups in total. The SMILES string of the molecule is CCc1cc(N=Nc2ccc3c(c2S(=O)(=O)O)N3c2ccc(S(=O)(=O)O)cc2)c(C)cc1N. The molecule has 0 bridgehead atoms. The Kier molecular flexibility index (Phi) is 5.48. The Balaban J connectivity index is 1.74. The van der Waals surface area contributed by atoms with Gasteiger partial charge in [-0.1, -0.05) is 6.92 Å². The molecule has 33 heavy (non-hydrogen) atoms. The average molecular weight is 489 g/mol. The summed E-state index contributed by atoms with van der Waals surface area (Å²) in [5, 5.41) is 8.26. The van der Waals surface area contributed by atoms with E-state index < -0.39 is 25.1 Å². The van der Waals surface area contributed by atoms with E-state index in [1.807, 2.05) is 6.92 Å². The van der Waals surface area contributed by atoms with E-state index in [4.69, 9.17) is 10.3 Å². The Morgan fingerprint density at radius 1 is 0.909 bits per heavy atom. The Hall–Kier alpha value is -3.32. The molecule has 1 aliphatic heterocycles. The highest BCUT2D eigenvalue weighted by atomic mass is 32.2. The van der Waals surface area contributed by atoms with Crippen LogP contribution in [-0.4, -0.2) is 25.9 Å². The third-order valence-electron chi connectivity index (χ3n) is 5.26. The molecular weight excluding hydrogens is 468 g/mol. The number of hydrogen-bond acceptors (Lipinski definition) is 8. The average Bonchev–Trinajstić information content (AvgIpc) is 3.45. The summed E-state index contributed by atoms with van der Waals surface area (Å²) >= 11 is 0. The second-order valence-corrected chi connectivity index (χ2v) is 10.2. The molecule has 0 atom stereocenters. The fraction of sp³-hybridized carbons (Fsp3) is 0.143. The zero-order chi connectivity index (χ0) is 24.1. The molecule has 0 amide bonds. The topological polar surface area (TPSA) is 162 Å². The number of hydrogen-bond donors (Lipinski definition) is 3. The molecule has 0 aliphatic carbocycles. The number of fused-ring (bicyclic) bond motifs is 1. The molecule has 0 spiro atoms. The molecular formula is C21H20N4O6S2. The van der Waals surface area contributed by atoms with Crippen molar-refractivity contribution in [3.8, 4) is 0 Å². The molecule has 0 saturated carbocycles. The number of nitrogens with two attached hydrogens (primary N) is 1. The minimum Gasteiger partial charge on any atom is -0.398 e. The zero-order valence-electron chi connectivity index (χ0n) is 17.6. The van der Waals surface area contributed by atoms with Gasteiger partial charge in [0.15, 0.2) is 0 Å². The van der Waals surface area contributed by atoms with Gasteiger partial charge < -0.3 is 10.6 Å². The first-order valence-electron chi connectivity index (χ1n) is 9.74. The number of azo groups is 1. The van der Waals surface area contributed by atoms with E-state index in [0.29, 0.717) is 29.2 Å². The molecule has 172 valence electrons. The van der Waals surface area contributed by atoms with E-state index in [2.05, 4.69) is 10.2 Å². The minimum atomic E-state index is -4.67. The van der Waals surface area contributed by atoms with Gasteiger partial charge in [0, 0.05) is 11.4 Å². The second kappa shape index (κ2) is 7.92. The lowest BCUT2D eigenvalue weighted by Gasteiger charge is -2.07. The lowest BCUT2D eigenvalue weighted by molar-refractivity contribution is 0.481. The number of anilines is 4. The van der Waals surface area contributed by atoms with E-state index >= 15 is 0 Å². The monoisotopic (exact) mass is 488 g/mol. The van der Waals surface area contributed by atoms with Gasteiger partial charge in [0.2, 0.25) is 0 Å². The number of benzene rings is 3. The van der Waals surface area contributed by atoms with Gasteiger partial charge in [0.1, 0.15) is 10.6 Å². The van der Waals surface area contributed by atoms with E-state index in [1.54, 1.807) is 25.1 Å². The van der Waals surface area contributed by atoms with Crippen molar-refractivity contribution < 1.29 is 25.9 Å². The molecule has 1 heterocycles. The second-order valence-electron chi connectivity index (χ2n) is 7.45. The van der Waals surface area contributed by atoms with Crippen molar-refractivity contribution in [2.75, 3.05) is 10.6 Å². The van der Waals surface area contributed by atoms with Gasteiger partial charge in [-0.15, -0.1) is 5.11 Å². The van der Waals surface area contributed by atoms with Crippen LogP contribution in [0.25, 0.3) is 0 Å². The van der Waals surface area contributed by atoms with Gasteiger partial charge in [-0.3, -0.25) is 9.11 Å². The van der Waals surface area contributed by atoms with Gasteiger partial charge in [-0.2, -0.15) is 21.9 Å². The number of rotatable bonds is 6. The van der Waals surface area contributed by atoms with Crippen molar-refractivity contribution in [1.82, 2.24) is 0 Å². The summed E-state index contributed by atoms with van der Waals surface area (Å²) in [6.45, 7) is 3.75. The van der Waals surface area contributed by atoms with Gasteiger partial charge >= 0.3 is 0 Å². The van der Waals surface area contributed by atoms with Crippen molar-refractivity contribution in [3.05, 3.63) is 59.7 Å². The number of aryl methyl sites for hydroxylation is 2. The van der Waals surface area contributed by atoms with Crippen molar-refractivity contribution in [2.24, 2.45) is 10.2 Å². The van der Waals surface area contributed by atoms with Gasteiger partial charge in [0.25, 0.3) is 20.2 Å². The molecule has 0 radical (unpaired) electrons. The number of nitrogen functional groups attached to an aromatic ring is 1. The summed E-state index contributed by atoms with van der Waals surface area (Å²) < 4.78 is 65.9. The van der Waals surface area contributed by atoms with E-state index in [9.17, 15) is 21.4 Å². The maximum absolute atomic E-state index is 12.2. The van der Waals surface area contributed by atoms with Crippen molar-refractivity contribution in [2.45, 2.75) is 30.1 Å². The highest BCUT2D eigenvalue weighted by Gasteiger charge is 2.40. The molecule has 0 unspecified atom stereocenters. The van der Waals surface area contributed by atoms with Crippen LogP contribution in [0.2, 0.25) is 0 Å². The summed E-state index contributed by atoms with van der Waals surface area (Å²) in [6, 6.07) is 11.8. The van der Waals surface area contributed by atoms with Crippen LogP contribution < -0.4 is 10.6 Å². The van der Waals surface area contributed by atoms with E-state index in [1.165, 1.54) is 35.2 Å². The molecule has 3 aromatic carbocycles. The van der Waals surface area contributed by atoms with Crippen LogP contribution in [-0.2, 0) is 26.7 Å². The van der Waals surface area contributed by atoms with Crippen LogP contribution >= 0.6 is 0 Å². The van der Waals surface area contributed by atoms with Crippen molar-refractivity contribution >= 4 is 54.4 Å². The van der Waals surface area contributed by atoms with Crippen LogP contribution in [0.1, 0.15) is 18.1 Å². The Morgan fingerprint density at radius 2 is 1.55 bits per heavy atom. The molecule has 0 aromatic heterocycles. The summed E-state index contributed by atoms with van der Waals surface area (Å²) in [5.41, 5.74) is 9.86. The summed E-state index contributed by atoms with van der Waals surface area (Å²) in [5.74, 6) is 0. The Labute approximate surface area is 190 Å². The normalized spacial score (nSPS) is 13.4. The standard InChI is InChI=1S/C21H20N4O6S2/c1-3-13-11-18(12(2)10-16(13)22)24-23-17-8-9-19-20(21(17)33(29,30)31)25(19)14-4-6-15(7-5-14)32(26,27)28/h4-11H,3,22H2,1-2H3,(H,26,27,28)(H,29,30,31). The molecule has 10 nitrogen and oxygen atoms in total. The minimum absolute atomic E-state index is 0.0532. The van der Waals surface area contributed by atoms with Crippen LogP contribution in [0, 0.1) is 6.92 Å². The summed E-state index contributed by atoms with van der Waals surface area (Å²) in [7, 11) is -9.03. The summed E-state index contributed by atoms with van der Waals surface area (Å²) in [4.78, 5) is 0.804. The Bertz CT molecular complexity index is 1520. The van der Waals surface area contributed by atoms with Gasteiger partial charge in [0.05, 0.1) is 22.0 Å². The first-order valence-corrected chi connectivity index (χ1v) is 12.6. The number of nitrogens with zero attached hydrogens (tertiary/aromatic N) is 3. The molecule has 0 saturated heterocycles. The third kappa shape index (κ3) is 4.33. The van der Waals surface area contributed by atoms with Crippen molar-refractivity contribution in [3.63, 3.8) is 0 Å². The maximum atomic E-state index is 12.2. The van der Waals surface area contributed by atoms with Crippen molar-refractivity contribution in [1.29, 1.82) is 0 Å². The van der Waals surface area contributed by atoms with Crippen LogP contribution in [0.4, 0.5) is 34.1 Å². The highest BCUT2D eigenvalue weighted by Crippen LogP contribution is 2.59. The van der Waals surface area contributed by atoms with Crippen LogP contribution in [0.5, 0.6) is 0 Å². The van der Waals surface area contributed by atoms with Gasteiger partial charge in [-0.05, 0) is 73.0 Å². The summed E-state index contributed by atoms with van der Waals surface area (Å²) in [6.07, 6.45) is 0.690. The Morgan fingerprint density at radius 3 is 2.12 bits per heavy atom. The maximum Gasteiger partial charge on any atom is 0.298 e. The fourth-order valence-electron chi connectivity index (χ4n) is 3.56. The van der Waals surface area contributed by atoms with E-state index in [-0.39, 0.29) is 16.3 Å². The predicted molar refractivity (Wildman–Crippen MR) is 123 cm³/mol. The van der Waals surface area contributed by atoms with Gasteiger partial charge in [-0.25, -0.2) is 0 Å². The molecule has 4 rings (SSSR count).